The molecule has 428 valence electrons. The van der Waals surface area contributed by atoms with Crippen LogP contribution in [0.1, 0.15) is 163 Å². The van der Waals surface area contributed by atoms with Crippen molar-refractivity contribution in [3.8, 4) is 0 Å². The lowest BCUT2D eigenvalue weighted by Gasteiger charge is -2.65. The van der Waals surface area contributed by atoms with E-state index in [1.54, 1.807) is 0 Å². The zero-order chi connectivity index (χ0) is 53.0. The molecule has 16 heteroatoms. The van der Waals surface area contributed by atoms with Crippen LogP contribution in [-0.4, -0.2) is 148 Å². The number of halogens is 1. The Labute approximate surface area is 450 Å². The first-order valence-electron chi connectivity index (χ1n) is 29.9. The molecule has 4 saturated carbocycles. The molecule has 8 N–H and O–H groups in total. The van der Waals surface area contributed by atoms with E-state index in [-0.39, 0.29) is 35.0 Å². The minimum atomic E-state index is -1.56. The highest BCUT2D eigenvalue weighted by Gasteiger charge is 2.66. The molecule has 73 heavy (non-hydrogen) atoms. The van der Waals surface area contributed by atoms with Crippen molar-refractivity contribution in [3.05, 3.63) is 0 Å². The van der Waals surface area contributed by atoms with E-state index in [0.29, 0.717) is 127 Å². The normalized spacial score (nSPS) is 28.3. The summed E-state index contributed by atoms with van der Waals surface area (Å²) in [6, 6.07) is 1.04. The van der Waals surface area contributed by atoms with Crippen LogP contribution in [0.5, 0.6) is 0 Å². The maximum absolute atomic E-state index is 13.8. The van der Waals surface area contributed by atoms with Crippen LogP contribution in [0.25, 0.3) is 0 Å². The van der Waals surface area contributed by atoms with Gasteiger partial charge in [0.05, 0.1) is 58.0 Å². The van der Waals surface area contributed by atoms with Gasteiger partial charge >= 0.3 is 6.03 Å². The molecular weight excluding hydrogens is 960 g/mol. The zero-order valence-electron chi connectivity index (χ0n) is 47.4. The summed E-state index contributed by atoms with van der Waals surface area (Å²) in [4.78, 5) is 27.9. The number of rotatable bonds is 41. The molecule has 0 bridgehead atoms. The van der Waals surface area contributed by atoms with E-state index < -0.39 is 7.38 Å². The first-order valence-corrected chi connectivity index (χ1v) is 34.1. The van der Waals surface area contributed by atoms with Crippen LogP contribution >= 0.6 is 11.1 Å². The number of amides is 3. The van der Waals surface area contributed by atoms with E-state index in [1.807, 2.05) is 0 Å². The summed E-state index contributed by atoms with van der Waals surface area (Å²) in [5, 5.41) is 6.08. The molecule has 0 saturated heterocycles. The minimum Gasteiger partial charge on any atom is -0.378 e. The highest BCUT2D eigenvalue weighted by molar-refractivity contribution is 7.19. The van der Waals surface area contributed by atoms with Gasteiger partial charge in [0, 0.05) is 57.8 Å². The van der Waals surface area contributed by atoms with Gasteiger partial charge in [-0.3, -0.25) is 4.79 Å². The highest BCUT2D eigenvalue weighted by Crippen LogP contribution is 2.69. The van der Waals surface area contributed by atoms with E-state index in [9.17, 15) is 9.59 Å². The van der Waals surface area contributed by atoms with Gasteiger partial charge in [-0.2, -0.15) is 11.1 Å². The van der Waals surface area contributed by atoms with Gasteiger partial charge in [-0.1, -0.05) is 79.3 Å². The van der Waals surface area contributed by atoms with Crippen LogP contribution in [0.2, 0.25) is 19.1 Å². The Hall–Kier alpha value is -1.11. The number of fused-ring (bicyclic) bond motifs is 5. The third-order valence-corrected chi connectivity index (χ3v) is 20.0. The third kappa shape index (κ3) is 21.6. The highest BCUT2D eigenvalue weighted by atomic mass is 35.6. The number of nitrogens with two attached hydrogens (primary N) is 3. The topological polar surface area (TPSA) is 195 Å². The molecule has 0 heterocycles. The monoisotopic (exact) mass is 1070 g/mol. The second-order valence-electron chi connectivity index (χ2n) is 23.7. The minimum absolute atomic E-state index is 0.00628. The fourth-order valence-electron chi connectivity index (χ4n) is 13.9. The van der Waals surface area contributed by atoms with Gasteiger partial charge in [-0.25, -0.2) is 4.79 Å². The van der Waals surface area contributed by atoms with E-state index in [0.717, 1.165) is 116 Å². The maximum atomic E-state index is 13.8. The molecule has 4 unspecified atom stereocenters. The average molecular weight is 1070 g/mol. The number of carbonyl (C=O) groups is 2. The molecule has 4 aliphatic rings. The molecule has 4 fully saturated rings. The quantitative estimate of drug-likeness (QED) is 0.0222. The molecule has 0 aromatic rings. The number of hydrogen-bond acceptors (Lipinski definition) is 11. The summed E-state index contributed by atoms with van der Waals surface area (Å²) < 4.78 is 37.7. The molecule has 0 aromatic heterocycles. The van der Waals surface area contributed by atoms with Crippen molar-refractivity contribution in [2.24, 2.45) is 63.5 Å². The Morgan fingerprint density at radius 2 is 1.30 bits per heavy atom. The fourth-order valence-corrected chi connectivity index (χ4v) is 15.4. The molecule has 0 radical (unpaired) electrons. The number of hydrogen-bond donors (Lipinski definition) is 5. The van der Waals surface area contributed by atoms with Crippen LogP contribution in [0, 0.1) is 46.3 Å². The molecule has 11 atom stereocenters. The predicted octanol–water partition coefficient (Wildman–Crippen LogP) is 9.64. The molecule has 0 aromatic carbocycles. The van der Waals surface area contributed by atoms with Gasteiger partial charge in [0.15, 0.2) is 0 Å². The smallest absolute Gasteiger partial charge is 0.317 e. The lowest BCUT2D eigenvalue weighted by molar-refractivity contribution is -0.227. The lowest BCUT2D eigenvalue weighted by Crippen LogP contribution is -2.63. The van der Waals surface area contributed by atoms with Crippen LogP contribution in [0.3, 0.4) is 0 Å². The first kappa shape index (κ1) is 64.4. The molecule has 4 rings (SSSR count). The number of nitrogens with zero attached hydrogens (tertiary/aromatic N) is 1. The van der Waals surface area contributed by atoms with Crippen LogP contribution < -0.4 is 27.8 Å². The number of unbranched alkanes of at least 4 members (excludes halogenated alkanes) is 6. The summed E-state index contributed by atoms with van der Waals surface area (Å²) >= 11 is 6.37. The number of urea groups is 1. The van der Waals surface area contributed by atoms with Crippen molar-refractivity contribution in [1.29, 1.82) is 0 Å². The summed E-state index contributed by atoms with van der Waals surface area (Å²) in [5.74, 6) is 3.25. The summed E-state index contributed by atoms with van der Waals surface area (Å²) in [6.07, 6.45) is 23.1. The van der Waals surface area contributed by atoms with Gasteiger partial charge in [0.25, 0.3) is 0 Å². The van der Waals surface area contributed by atoms with Gasteiger partial charge in [0.1, 0.15) is 7.38 Å². The molecule has 0 spiro atoms. The molecule has 14 nitrogen and oxygen atoms in total. The Bertz CT molecular complexity index is 1490. The van der Waals surface area contributed by atoms with Crippen molar-refractivity contribution in [1.82, 2.24) is 15.5 Å². The molecule has 0 aliphatic heterocycles. The third-order valence-electron chi connectivity index (χ3n) is 17.9. The van der Waals surface area contributed by atoms with Gasteiger partial charge < -0.3 is 61.2 Å². The van der Waals surface area contributed by atoms with Crippen LogP contribution in [-0.2, 0) is 33.2 Å². The summed E-state index contributed by atoms with van der Waals surface area (Å²) in [6.45, 7) is 23.6. The predicted molar refractivity (Wildman–Crippen MR) is 300 cm³/mol. The second kappa shape index (κ2) is 35.4. The average Bonchev–Trinajstić information content (AvgIpc) is 3.72. The molecule has 3 amide bonds. The standard InChI is InChI=1S/C57H111ClN6O8Si/c1-7-8-9-10-11-13-30-64(55(66)63-29-36-68-38-40-69-39-37-67-35-28-62-53(65)20-12-14-41-73(5,6)58)31-15-19-45(2)48-21-22-49-54-50(44-52(57(48,49)4)72-34-18-27-61)56(3)24-23-47(70-32-16-25-59)42-46(56)43-51(54)71-33-17-26-60/h45-52,54H,7-44,59-61H2,1-6H3,(H,62,65)(H,63,66)/t45?,46?,47-,48?,49+,50+,51-,52+,54?,56+,57-/m1/s1. The number of ether oxygens (including phenoxy) is 6. The van der Waals surface area contributed by atoms with Crippen LogP contribution in [0.15, 0.2) is 0 Å². The van der Waals surface area contributed by atoms with Crippen molar-refractivity contribution >= 4 is 30.4 Å². The Balaban J connectivity index is 1.27. The van der Waals surface area contributed by atoms with Crippen molar-refractivity contribution in [2.45, 2.75) is 200 Å². The number of nitrogens with one attached hydrogen (secondary N) is 2. The van der Waals surface area contributed by atoms with Crippen molar-refractivity contribution in [3.63, 3.8) is 0 Å². The van der Waals surface area contributed by atoms with Gasteiger partial charge in [0.2, 0.25) is 5.91 Å². The van der Waals surface area contributed by atoms with E-state index >= 15 is 0 Å². The fraction of sp³-hybridized carbons (Fsp3) is 0.965. The molecular formula is C57H111ClN6O8Si. The largest absolute Gasteiger partial charge is 0.378 e. The summed E-state index contributed by atoms with van der Waals surface area (Å²) in [5.41, 5.74) is 18.2. The lowest BCUT2D eigenvalue weighted by atomic mass is 9.43. The SMILES string of the molecule is CCCCCCCCN(CCCC(C)C1CC[C@H]2C3[C@H](OCCCN)CC4C[C@H](OCCCN)CC[C@]4(C)[C@H]3C[C@H](OCCCN)[C@]12C)C(=O)NCCOCCOCCOCCNC(=O)CCCC[Si](C)(C)Cl. The van der Waals surface area contributed by atoms with Gasteiger partial charge in [-0.15, -0.1) is 0 Å². The Morgan fingerprint density at radius 3 is 1.97 bits per heavy atom. The van der Waals surface area contributed by atoms with Crippen molar-refractivity contribution in [2.75, 3.05) is 105 Å². The Kier molecular flexibility index (Phi) is 31.2. The van der Waals surface area contributed by atoms with E-state index in [4.69, 9.17) is 56.7 Å². The summed E-state index contributed by atoms with van der Waals surface area (Å²) in [7, 11) is -1.56. The zero-order valence-corrected chi connectivity index (χ0v) is 49.1. The van der Waals surface area contributed by atoms with E-state index in [2.05, 4.69) is 56.3 Å². The van der Waals surface area contributed by atoms with E-state index in [1.165, 1.54) is 44.9 Å². The van der Waals surface area contributed by atoms with Gasteiger partial charge in [-0.05, 0) is 156 Å². The van der Waals surface area contributed by atoms with Crippen LogP contribution in [0.4, 0.5) is 4.79 Å². The first-order chi connectivity index (χ1) is 35.2. The van der Waals surface area contributed by atoms with Crippen molar-refractivity contribution < 1.29 is 38.0 Å². The maximum Gasteiger partial charge on any atom is 0.317 e. The number of carbonyl (C=O) groups excluding carboxylic acids is 2. The molecule has 4 aliphatic carbocycles. The Morgan fingerprint density at radius 1 is 0.685 bits per heavy atom. The second-order valence-corrected chi connectivity index (χ2v) is 30.7.